The molecule has 1 heterocycles. The first kappa shape index (κ1) is 18.1. The standard InChI is InChI=1S/C15H21F2NO4S/c16-15(17)10-22-14-3-1-12(2-4-14)9-18(6-7-19)13-5-8-23(20,21)11-13/h1-4,13,15,19H,5-11H2/t13-/m0/s1. The molecule has 0 aliphatic carbocycles. The van der Waals surface area contributed by atoms with Crippen molar-refractivity contribution in [3.05, 3.63) is 29.8 Å². The number of nitrogens with zero attached hydrogens (tertiary/aromatic N) is 1. The first-order valence-electron chi connectivity index (χ1n) is 7.45. The highest BCUT2D eigenvalue weighted by Gasteiger charge is 2.31. The van der Waals surface area contributed by atoms with E-state index in [1.165, 1.54) is 0 Å². The molecule has 0 saturated carbocycles. The average Bonchev–Trinajstić information content (AvgIpc) is 2.86. The monoisotopic (exact) mass is 349 g/mol. The molecule has 130 valence electrons. The van der Waals surface area contributed by atoms with Crippen molar-refractivity contribution < 1.29 is 27.0 Å². The molecule has 0 aromatic heterocycles. The molecule has 23 heavy (non-hydrogen) atoms. The molecule has 1 aromatic rings. The third-order valence-corrected chi connectivity index (χ3v) is 5.55. The number of benzene rings is 1. The highest BCUT2D eigenvalue weighted by atomic mass is 32.2. The molecule has 1 saturated heterocycles. The average molecular weight is 349 g/mol. The van der Waals surface area contributed by atoms with E-state index in [9.17, 15) is 22.3 Å². The van der Waals surface area contributed by atoms with Gasteiger partial charge in [-0.3, -0.25) is 4.90 Å². The van der Waals surface area contributed by atoms with Crippen molar-refractivity contribution in [1.29, 1.82) is 0 Å². The number of hydrogen-bond donors (Lipinski definition) is 1. The van der Waals surface area contributed by atoms with Crippen LogP contribution in [0.2, 0.25) is 0 Å². The lowest BCUT2D eigenvalue weighted by Crippen LogP contribution is -2.37. The van der Waals surface area contributed by atoms with Gasteiger partial charge in [-0.1, -0.05) is 12.1 Å². The highest BCUT2D eigenvalue weighted by Crippen LogP contribution is 2.21. The van der Waals surface area contributed by atoms with Gasteiger partial charge in [0.25, 0.3) is 6.43 Å². The summed E-state index contributed by atoms with van der Waals surface area (Å²) < 4.78 is 52.3. The third kappa shape index (κ3) is 5.71. The van der Waals surface area contributed by atoms with E-state index in [2.05, 4.69) is 0 Å². The van der Waals surface area contributed by atoms with Gasteiger partial charge in [0.2, 0.25) is 0 Å². The van der Waals surface area contributed by atoms with Crippen molar-refractivity contribution in [2.75, 3.05) is 31.3 Å². The summed E-state index contributed by atoms with van der Waals surface area (Å²) in [6, 6.07) is 6.64. The molecule has 1 atom stereocenters. The topological polar surface area (TPSA) is 66.8 Å². The Bertz CT molecular complexity index is 592. The Morgan fingerprint density at radius 3 is 2.52 bits per heavy atom. The molecule has 5 nitrogen and oxygen atoms in total. The maximum Gasteiger partial charge on any atom is 0.272 e. The van der Waals surface area contributed by atoms with E-state index < -0.39 is 22.9 Å². The maximum absolute atomic E-state index is 12.1. The summed E-state index contributed by atoms with van der Waals surface area (Å²) in [6.07, 6.45) is -1.95. The first-order chi connectivity index (χ1) is 10.9. The number of aliphatic hydroxyl groups excluding tert-OH is 1. The van der Waals surface area contributed by atoms with Gasteiger partial charge in [-0.25, -0.2) is 17.2 Å². The maximum atomic E-state index is 12.1. The first-order valence-corrected chi connectivity index (χ1v) is 9.27. The Hall–Kier alpha value is -1.25. The number of alkyl halides is 2. The summed E-state index contributed by atoms with van der Waals surface area (Å²) in [5.74, 6) is 0.661. The quantitative estimate of drug-likeness (QED) is 0.767. The van der Waals surface area contributed by atoms with Crippen LogP contribution in [0.25, 0.3) is 0 Å². The van der Waals surface area contributed by atoms with Crippen LogP contribution in [0.3, 0.4) is 0 Å². The minimum atomic E-state index is -2.99. The van der Waals surface area contributed by atoms with Gasteiger partial charge < -0.3 is 9.84 Å². The SMILES string of the molecule is O=S1(=O)CC[C@H](N(CCO)Cc2ccc(OCC(F)F)cc2)C1. The normalized spacial score (nSPS) is 20.3. The van der Waals surface area contributed by atoms with Crippen LogP contribution in [-0.4, -0.2) is 62.2 Å². The Kier molecular flexibility index (Phi) is 6.32. The lowest BCUT2D eigenvalue weighted by atomic mass is 10.1. The molecule has 1 N–H and O–H groups in total. The van der Waals surface area contributed by atoms with Gasteiger partial charge in [0.05, 0.1) is 18.1 Å². The zero-order chi connectivity index (χ0) is 16.9. The van der Waals surface area contributed by atoms with Crippen LogP contribution in [0.15, 0.2) is 24.3 Å². The summed E-state index contributed by atoms with van der Waals surface area (Å²) in [5, 5.41) is 9.19. The zero-order valence-corrected chi connectivity index (χ0v) is 13.5. The number of halogens is 2. The Balaban J connectivity index is 1.97. The van der Waals surface area contributed by atoms with Gasteiger partial charge in [0.15, 0.2) is 9.84 Å². The van der Waals surface area contributed by atoms with E-state index in [0.29, 0.717) is 25.3 Å². The molecule has 0 radical (unpaired) electrons. The van der Waals surface area contributed by atoms with E-state index in [0.717, 1.165) is 5.56 Å². The molecule has 0 amide bonds. The van der Waals surface area contributed by atoms with Crippen molar-refractivity contribution >= 4 is 9.84 Å². The molecule has 2 rings (SSSR count). The van der Waals surface area contributed by atoms with Crippen molar-refractivity contribution in [2.24, 2.45) is 0 Å². The fourth-order valence-corrected chi connectivity index (χ4v) is 4.43. The number of ether oxygens (including phenoxy) is 1. The van der Waals surface area contributed by atoms with Gasteiger partial charge in [-0.15, -0.1) is 0 Å². The molecule has 1 aliphatic rings. The van der Waals surface area contributed by atoms with E-state index >= 15 is 0 Å². The van der Waals surface area contributed by atoms with Crippen LogP contribution in [-0.2, 0) is 16.4 Å². The van der Waals surface area contributed by atoms with E-state index in [4.69, 9.17) is 4.74 Å². The molecule has 1 fully saturated rings. The number of aliphatic hydroxyl groups is 1. The van der Waals surface area contributed by atoms with E-state index in [1.54, 1.807) is 24.3 Å². The lowest BCUT2D eigenvalue weighted by molar-refractivity contribution is 0.0819. The smallest absolute Gasteiger partial charge is 0.272 e. The van der Waals surface area contributed by atoms with Crippen LogP contribution in [0.4, 0.5) is 8.78 Å². The summed E-state index contributed by atoms with van der Waals surface area (Å²) >= 11 is 0. The molecule has 0 bridgehead atoms. The second kappa shape index (κ2) is 8.03. The van der Waals surface area contributed by atoms with Crippen LogP contribution in [0.1, 0.15) is 12.0 Å². The largest absolute Gasteiger partial charge is 0.488 e. The summed E-state index contributed by atoms with van der Waals surface area (Å²) in [5.41, 5.74) is 0.909. The second-order valence-corrected chi connectivity index (χ2v) is 7.83. The minimum Gasteiger partial charge on any atom is -0.488 e. The van der Waals surface area contributed by atoms with Crippen LogP contribution < -0.4 is 4.74 Å². The summed E-state index contributed by atoms with van der Waals surface area (Å²) in [6.45, 7) is 0.196. The van der Waals surface area contributed by atoms with E-state index in [1.807, 2.05) is 4.90 Å². The van der Waals surface area contributed by atoms with Gasteiger partial charge >= 0.3 is 0 Å². The Labute approximate surface area is 134 Å². The lowest BCUT2D eigenvalue weighted by Gasteiger charge is -2.27. The fourth-order valence-electron chi connectivity index (χ4n) is 2.67. The number of hydrogen-bond acceptors (Lipinski definition) is 5. The number of rotatable bonds is 8. The van der Waals surface area contributed by atoms with Crippen LogP contribution in [0.5, 0.6) is 5.75 Å². The molecular formula is C15H21F2NO4S. The predicted octanol–water partition coefficient (Wildman–Crippen LogP) is 1.31. The minimum absolute atomic E-state index is 0.0495. The van der Waals surface area contributed by atoms with Gasteiger partial charge in [-0.2, -0.15) is 0 Å². The van der Waals surface area contributed by atoms with Gasteiger partial charge in [0.1, 0.15) is 12.4 Å². The Morgan fingerprint density at radius 2 is 2.00 bits per heavy atom. The van der Waals surface area contributed by atoms with Crippen molar-refractivity contribution in [3.8, 4) is 5.75 Å². The predicted molar refractivity (Wildman–Crippen MR) is 82.5 cm³/mol. The second-order valence-electron chi connectivity index (χ2n) is 5.60. The third-order valence-electron chi connectivity index (χ3n) is 3.80. The zero-order valence-electron chi connectivity index (χ0n) is 12.7. The molecule has 1 aliphatic heterocycles. The van der Waals surface area contributed by atoms with Crippen LogP contribution in [0, 0.1) is 0 Å². The molecule has 0 unspecified atom stereocenters. The summed E-state index contributed by atoms with van der Waals surface area (Å²) in [7, 11) is -2.99. The van der Waals surface area contributed by atoms with E-state index in [-0.39, 0.29) is 24.2 Å². The highest BCUT2D eigenvalue weighted by molar-refractivity contribution is 7.91. The molecule has 8 heteroatoms. The van der Waals surface area contributed by atoms with Crippen molar-refractivity contribution in [1.82, 2.24) is 4.90 Å². The molecular weight excluding hydrogens is 328 g/mol. The Morgan fingerprint density at radius 1 is 1.30 bits per heavy atom. The van der Waals surface area contributed by atoms with Crippen molar-refractivity contribution in [3.63, 3.8) is 0 Å². The van der Waals surface area contributed by atoms with Gasteiger partial charge in [-0.05, 0) is 24.1 Å². The molecule has 0 spiro atoms. The van der Waals surface area contributed by atoms with Crippen LogP contribution >= 0.6 is 0 Å². The fraction of sp³-hybridized carbons (Fsp3) is 0.600. The van der Waals surface area contributed by atoms with Gasteiger partial charge in [0, 0.05) is 19.1 Å². The summed E-state index contributed by atoms with van der Waals surface area (Å²) in [4.78, 5) is 1.94. The molecule has 1 aromatic carbocycles. The van der Waals surface area contributed by atoms with Crippen molar-refractivity contribution in [2.45, 2.75) is 25.4 Å². The number of sulfone groups is 1.